The lowest BCUT2D eigenvalue weighted by Gasteiger charge is -2.30. The summed E-state index contributed by atoms with van der Waals surface area (Å²) in [5.74, 6) is -15.5. The number of nitrogens with two attached hydrogens (primary N) is 2. The molecule has 0 rings (SSSR count). The van der Waals surface area contributed by atoms with Crippen LogP contribution in [-0.2, 0) is 67.1 Å². The van der Waals surface area contributed by atoms with Crippen LogP contribution in [-0.4, -0.2) is 191 Å². The number of nitrogens with one attached hydrogen (secondary N) is 12. The summed E-state index contributed by atoms with van der Waals surface area (Å²) in [5.41, 5.74) is 11.6. The summed E-state index contributed by atoms with van der Waals surface area (Å²) in [6, 6.07) is -14.1. The minimum Gasteiger partial charge on any atom is -0.481 e. The average Bonchev–Trinajstić information content (AvgIpc) is 3.67. The van der Waals surface area contributed by atoms with Crippen molar-refractivity contribution in [3.05, 3.63) is 0 Å². The minimum atomic E-state index is -1.77. The van der Waals surface area contributed by atoms with Crippen molar-refractivity contribution in [2.24, 2.45) is 47.0 Å². The molecule has 0 saturated carbocycles. The number of unbranched alkanes of at least 4 members (excludes halogenated alkanes) is 1. The highest BCUT2D eigenvalue weighted by Gasteiger charge is 2.37. The SMILES string of the molecule is CC[C@H](C)[C@H](NC(=O)CNC(=O)[C@@H](NC(=O)[C@H](C)NC(=O)[C@@H](N)C(C)C)C(C)C)C(=O)N[C@H](C(=O)N[C@@H](C)C(=O)N[C@H](C(=O)N[C@@H](CCCCN)C(=O)NCC(=O)N[C@H](C(=O)N[C@@H](CCC(=O)O)C(=O)N[C@@H](CO)C(=O)O)C(C)C)[C@@H](C)CC)C(C)C. The zero-order valence-corrected chi connectivity index (χ0v) is 52.8. The molecule has 0 aliphatic carbocycles. The Labute approximate surface area is 509 Å². The second kappa shape index (κ2) is 40.0. The number of aliphatic carboxylic acids is 2. The van der Waals surface area contributed by atoms with Crippen molar-refractivity contribution in [1.82, 2.24) is 63.8 Å². The Hall–Kier alpha value is -7.54. The van der Waals surface area contributed by atoms with E-state index in [1.807, 2.05) is 5.32 Å². The molecule has 496 valence electrons. The second-order valence-electron chi connectivity index (χ2n) is 23.1. The maximum atomic E-state index is 14.1. The highest BCUT2D eigenvalue weighted by atomic mass is 16.4. The van der Waals surface area contributed by atoms with Crippen LogP contribution in [0.15, 0.2) is 0 Å². The Bertz CT molecular complexity index is 2360. The van der Waals surface area contributed by atoms with E-state index < -0.39 is 211 Å². The van der Waals surface area contributed by atoms with E-state index in [1.54, 1.807) is 69.2 Å². The number of rotatable bonds is 41. The predicted octanol–water partition coefficient (Wildman–Crippen LogP) is -3.78. The molecule has 0 bridgehead atoms. The maximum absolute atomic E-state index is 14.1. The van der Waals surface area contributed by atoms with Crippen LogP contribution in [0.3, 0.4) is 0 Å². The van der Waals surface area contributed by atoms with Gasteiger partial charge in [0.2, 0.25) is 70.9 Å². The lowest BCUT2D eigenvalue weighted by molar-refractivity contribution is -0.144. The van der Waals surface area contributed by atoms with Gasteiger partial charge in [0.25, 0.3) is 0 Å². The van der Waals surface area contributed by atoms with Gasteiger partial charge in [-0.05, 0) is 81.6 Å². The lowest BCUT2D eigenvalue weighted by Crippen LogP contribution is -2.61. The van der Waals surface area contributed by atoms with Gasteiger partial charge < -0.3 is 90.6 Å². The van der Waals surface area contributed by atoms with Gasteiger partial charge in [-0.15, -0.1) is 0 Å². The third-order valence-electron chi connectivity index (χ3n) is 14.4. The fraction of sp³-hybridized carbons (Fsp3) is 0.750. The Morgan fingerprint density at radius 1 is 0.391 bits per heavy atom. The Morgan fingerprint density at radius 2 is 0.759 bits per heavy atom. The summed E-state index contributed by atoms with van der Waals surface area (Å²) in [7, 11) is 0. The average molecular weight is 1240 g/mol. The molecule has 19 N–H and O–H groups in total. The Morgan fingerprint density at radius 3 is 1.20 bits per heavy atom. The quantitative estimate of drug-likeness (QED) is 0.0261. The predicted molar refractivity (Wildman–Crippen MR) is 317 cm³/mol. The van der Waals surface area contributed by atoms with Gasteiger partial charge in [0.15, 0.2) is 0 Å². The van der Waals surface area contributed by atoms with Crippen LogP contribution in [0.2, 0.25) is 0 Å². The van der Waals surface area contributed by atoms with Crippen LogP contribution in [0.25, 0.3) is 0 Å². The number of hydrogen-bond acceptors (Lipinski definition) is 17. The maximum Gasteiger partial charge on any atom is 0.328 e. The van der Waals surface area contributed by atoms with Crippen LogP contribution in [0, 0.1) is 35.5 Å². The molecule has 0 aromatic heterocycles. The van der Waals surface area contributed by atoms with Crippen molar-refractivity contribution in [3.63, 3.8) is 0 Å². The van der Waals surface area contributed by atoms with Gasteiger partial charge in [0.1, 0.15) is 60.4 Å². The fourth-order valence-electron chi connectivity index (χ4n) is 8.15. The fourth-order valence-corrected chi connectivity index (χ4v) is 8.15. The molecule has 0 spiro atoms. The molecule has 31 nitrogen and oxygen atoms in total. The lowest BCUT2D eigenvalue weighted by atomic mass is 9.96. The molecule has 12 amide bonds. The van der Waals surface area contributed by atoms with Gasteiger partial charge in [-0.1, -0.05) is 95.9 Å². The number of carbonyl (C=O) groups is 14. The minimum absolute atomic E-state index is 0.0267. The zero-order valence-electron chi connectivity index (χ0n) is 52.8. The number of carboxylic acids is 2. The van der Waals surface area contributed by atoms with E-state index in [9.17, 15) is 82.4 Å². The first-order valence-electron chi connectivity index (χ1n) is 29.6. The summed E-state index contributed by atoms with van der Waals surface area (Å²) in [6.45, 7) is 20.7. The highest BCUT2D eigenvalue weighted by Crippen LogP contribution is 2.14. The molecule has 0 saturated heterocycles. The number of carbonyl (C=O) groups excluding carboxylic acids is 12. The van der Waals surface area contributed by atoms with Crippen molar-refractivity contribution in [2.75, 3.05) is 26.2 Å². The van der Waals surface area contributed by atoms with E-state index in [-0.39, 0.29) is 18.9 Å². The normalized spacial score (nSPS) is 15.8. The van der Waals surface area contributed by atoms with Crippen LogP contribution >= 0.6 is 0 Å². The summed E-state index contributed by atoms with van der Waals surface area (Å²) in [5, 5.41) is 57.7. The van der Waals surface area contributed by atoms with Gasteiger partial charge in [-0.3, -0.25) is 62.3 Å². The molecule has 0 aliphatic heterocycles. The van der Waals surface area contributed by atoms with Crippen molar-refractivity contribution in [1.29, 1.82) is 0 Å². The molecule has 31 heteroatoms. The first-order valence-corrected chi connectivity index (χ1v) is 29.6. The molecule has 87 heavy (non-hydrogen) atoms. The molecule has 0 aliphatic rings. The Kier molecular flexibility index (Phi) is 36.6. The second-order valence-corrected chi connectivity index (χ2v) is 23.1. The zero-order chi connectivity index (χ0) is 67.2. The summed E-state index contributed by atoms with van der Waals surface area (Å²) in [4.78, 5) is 184. The summed E-state index contributed by atoms with van der Waals surface area (Å²) < 4.78 is 0. The third-order valence-corrected chi connectivity index (χ3v) is 14.4. The monoisotopic (exact) mass is 1240 g/mol. The smallest absolute Gasteiger partial charge is 0.328 e. The number of hydrogen-bond donors (Lipinski definition) is 17. The number of aliphatic hydroxyl groups is 1. The molecule has 0 unspecified atom stereocenters. The van der Waals surface area contributed by atoms with E-state index in [0.29, 0.717) is 25.7 Å². The largest absolute Gasteiger partial charge is 0.481 e. The van der Waals surface area contributed by atoms with Crippen molar-refractivity contribution >= 4 is 82.8 Å². The number of carboxylic acid groups (broad SMARTS) is 2. The van der Waals surface area contributed by atoms with Gasteiger partial charge in [0, 0.05) is 6.42 Å². The van der Waals surface area contributed by atoms with Crippen LogP contribution in [0.4, 0.5) is 0 Å². The van der Waals surface area contributed by atoms with Crippen molar-refractivity contribution < 1.29 is 82.4 Å². The first kappa shape index (κ1) is 79.5. The van der Waals surface area contributed by atoms with E-state index in [1.165, 1.54) is 27.7 Å². The van der Waals surface area contributed by atoms with E-state index in [4.69, 9.17) is 11.5 Å². The van der Waals surface area contributed by atoms with Crippen LogP contribution < -0.4 is 75.3 Å². The highest BCUT2D eigenvalue weighted by molar-refractivity contribution is 5.99. The summed E-state index contributed by atoms with van der Waals surface area (Å²) >= 11 is 0. The first-order chi connectivity index (χ1) is 40.5. The van der Waals surface area contributed by atoms with Crippen molar-refractivity contribution in [3.8, 4) is 0 Å². The summed E-state index contributed by atoms with van der Waals surface area (Å²) in [6.07, 6.45) is 0.421. The molecule has 13 atom stereocenters. The topological polar surface area (TPSA) is 496 Å². The molecular weight excluding hydrogens is 1140 g/mol. The van der Waals surface area contributed by atoms with Crippen molar-refractivity contribution in [2.45, 2.75) is 208 Å². The van der Waals surface area contributed by atoms with Gasteiger partial charge >= 0.3 is 11.9 Å². The van der Waals surface area contributed by atoms with Gasteiger partial charge in [-0.25, -0.2) is 4.79 Å². The van der Waals surface area contributed by atoms with E-state index >= 15 is 0 Å². The van der Waals surface area contributed by atoms with Gasteiger partial charge in [-0.2, -0.15) is 0 Å². The molecule has 0 heterocycles. The van der Waals surface area contributed by atoms with E-state index in [2.05, 4.69) is 58.5 Å². The van der Waals surface area contributed by atoms with Crippen LogP contribution in [0.5, 0.6) is 0 Å². The Balaban J connectivity index is 6.13. The molecular formula is C56H100N14O17. The molecule has 0 aromatic carbocycles. The molecule has 0 aromatic rings. The number of aliphatic hydroxyl groups excluding tert-OH is 1. The molecule has 0 fully saturated rings. The third kappa shape index (κ3) is 28.7. The van der Waals surface area contributed by atoms with E-state index in [0.717, 1.165) is 0 Å². The van der Waals surface area contributed by atoms with Crippen LogP contribution in [0.1, 0.15) is 142 Å². The number of amides is 12. The molecule has 0 radical (unpaired) electrons. The van der Waals surface area contributed by atoms with Gasteiger partial charge in [0.05, 0.1) is 25.7 Å². The standard InChI is InChI=1S/C56H100N14O17/c1-15-30(11)44(67-38(73)24-60-51(81)41(27(5)6)68-46(76)32(13)61-50(80)40(58)26(3)4)55(85)69-43(29(9)10)52(82)62-33(14)47(77)70-45(31(12)16-2)54(84)63-34(19-17-18-22-57)48(78)59-23-37(72)66-42(28(7)8)53(83)64-35(20-21-39(74)75)49(79)65-36(25-71)56(86)87/h26-36,40-45,71H,15-25,57-58H2,1-14H3,(H,59,78)(H,60,81)(H,61,80)(H,62,82)(H,63,84)(H,64,83)(H,65,79)(H,66,72)(H,67,73)(H,68,76)(H,69,85)(H,70,77)(H,74,75)(H,86,87)/t30-,31-,32-,33-,34-,35-,36-,40-,41-,42-,43-,44-,45-/m0/s1.